The quantitative estimate of drug-likeness (QED) is 0.207. The van der Waals surface area contributed by atoms with Crippen LogP contribution in [0.1, 0.15) is 112 Å². The van der Waals surface area contributed by atoms with Crippen molar-refractivity contribution in [1.82, 2.24) is 0 Å². The number of unbranched alkanes of at least 4 members (excludes halogenated alkanes) is 4. The van der Waals surface area contributed by atoms with Crippen LogP contribution in [0.15, 0.2) is 48.5 Å². The van der Waals surface area contributed by atoms with Crippen molar-refractivity contribution in [3.05, 3.63) is 65.2 Å². The summed E-state index contributed by atoms with van der Waals surface area (Å²) in [6.45, 7) is 4.44. The molecular weight excluding hydrogens is 380 g/mol. The summed E-state index contributed by atoms with van der Waals surface area (Å²) in [6.07, 6.45) is 15.8. The van der Waals surface area contributed by atoms with Crippen LogP contribution in [0.25, 0.3) is 0 Å². The van der Waals surface area contributed by atoms with E-state index in [-0.39, 0.29) is 5.97 Å². The summed E-state index contributed by atoms with van der Waals surface area (Å²) in [5, 5.41) is 0. The molecule has 1 aliphatic carbocycles. The molecule has 0 radical (unpaired) electrons. The molecule has 1 saturated carbocycles. The topological polar surface area (TPSA) is 26.3 Å². The summed E-state index contributed by atoms with van der Waals surface area (Å²) < 4.78 is 5.59. The van der Waals surface area contributed by atoms with Crippen molar-refractivity contribution in [2.24, 2.45) is 5.92 Å². The van der Waals surface area contributed by atoms with Crippen molar-refractivity contribution in [2.45, 2.75) is 96.8 Å². The number of benzene rings is 2. The number of hydrogen-bond donors (Lipinski definition) is 0. The number of rotatable bonds is 11. The molecular formula is C29H40O2. The Kier molecular flexibility index (Phi) is 9.65. The normalized spacial score (nSPS) is 18.6. The van der Waals surface area contributed by atoms with Gasteiger partial charge in [-0.2, -0.15) is 0 Å². The SMILES string of the molecule is CCCCCCCC1CCC(c2ccc(OC(=O)c3ccc(CCC)cc3)cc2)CC1. The van der Waals surface area contributed by atoms with E-state index in [1.54, 1.807) is 0 Å². The van der Waals surface area contributed by atoms with Crippen LogP contribution in [0.4, 0.5) is 0 Å². The maximum Gasteiger partial charge on any atom is 0.343 e. The van der Waals surface area contributed by atoms with Crippen LogP contribution in [0.3, 0.4) is 0 Å². The zero-order valence-corrected chi connectivity index (χ0v) is 19.6. The van der Waals surface area contributed by atoms with Crippen LogP contribution >= 0.6 is 0 Å². The molecule has 0 bridgehead atoms. The second kappa shape index (κ2) is 12.7. The van der Waals surface area contributed by atoms with Gasteiger partial charge < -0.3 is 4.74 Å². The van der Waals surface area contributed by atoms with E-state index in [1.807, 2.05) is 36.4 Å². The summed E-state index contributed by atoms with van der Waals surface area (Å²) >= 11 is 0. The van der Waals surface area contributed by atoms with Gasteiger partial charge in [0, 0.05) is 0 Å². The van der Waals surface area contributed by atoms with Crippen molar-refractivity contribution in [2.75, 3.05) is 0 Å². The molecule has 3 rings (SSSR count). The number of ether oxygens (including phenoxy) is 1. The molecule has 0 amide bonds. The van der Waals surface area contributed by atoms with E-state index < -0.39 is 0 Å². The Morgan fingerprint density at radius 3 is 2.13 bits per heavy atom. The van der Waals surface area contributed by atoms with Crippen molar-refractivity contribution in [3.63, 3.8) is 0 Å². The number of carbonyl (C=O) groups excluding carboxylic acids is 1. The Morgan fingerprint density at radius 1 is 0.806 bits per heavy atom. The van der Waals surface area contributed by atoms with E-state index in [2.05, 4.69) is 26.0 Å². The van der Waals surface area contributed by atoms with Crippen molar-refractivity contribution in [3.8, 4) is 5.75 Å². The number of aryl methyl sites for hydroxylation is 1. The minimum Gasteiger partial charge on any atom is -0.423 e. The second-order valence-electron chi connectivity index (χ2n) is 9.33. The van der Waals surface area contributed by atoms with Crippen LogP contribution in [0.2, 0.25) is 0 Å². The average Bonchev–Trinajstić information content (AvgIpc) is 2.81. The molecule has 1 fully saturated rings. The summed E-state index contributed by atoms with van der Waals surface area (Å²) in [5.74, 6) is 1.94. The third-order valence-corrected chi connectivity index (χ3v) is 6.85. The van der Waals surface area contributed by atoms with Gasteiger partial charge in [-0.25, -0.2) is 4.79 Å². The lowest BCUT2D eigenvalue weighted by Gasteiger charge is -2.29. The van der Waals surface area contributed by atoms with E-state index in [0.717, 1.165) is 18.8 Å². The first kappa shape index (κ1) is 23.6. The van der Waals surface area contributed by atoms with E-state index >= 15 is 0 Å². The fraction of sp³-hybridized carbons (Fsp3) is 0.552. The van der Waals surface area contributed by atoms with Gasteiger partial charge in [0.25, 0.3) is 0 Å². The number of esters is 1. The smallest absolute Gasteiger partial charge is 0.343 e. The first-order chi connectivity index (χ1) is 15.2. The number of carbonyl (C=O) groups is 1. The molecule has 2 heteroatoms. The maximum absolute atomic E-state index is 12.4. The Labute approximate surface area is 189 Å². The molecule has 31 heavy (non-hydrogen) atoms. The van der Waals surface area contributed by atoms with Gasteiger partial charge in [0.1, 0.15) is 5.75 Å². The molecule has 0 aromatic heterocycles. The van der Waals surface area contributed by atoms with Gasteiger partial charge in [-0.1, -0.05) is 83.1 Å². The molecule has 2 aromatic carbocycles. The van der Waals surface area contributed by atoms with E-state index in [1.165, 1.54) is 75.3 Å². The first-order valence-corrected chi connectivity index (χ1v) is 12.6. The molecule has 168 valence electrons. The highest BCUT2D eigenvalue weighted by molar-refractivity contribution is 5.91. The second-order valence-corrected chi connectivity index (χ2v) is 9.33. The van der Waals surface area contributed by atoms with E-state index in [0.29, 0.717) is 17.2 Å². The Hall–Kier alpha value is -2.09. The predicted molar refractivity (Wildman–Crippen MR) is 130 cm³/mol. The molecule has 0 heterocycles. The van der Waals surface area contributed by atoms with Crippen LogP contribution in [0, 0.1) is 5.92 Å². The zero-order chi connectivity index (χ0) is 21.9. The molecule has 2 nitrogen and oxygen atoms in total. The average molecular weight is 421 g/mol. The monoisotopic (exact) mass is 420 g/mol. The molecule has 1 aliphatic rings. The Balaban J connectivity index is 1.43. The third kappa shape index (κ3) is 7.52. The largest absolute Gasteiger partial charge is 0.423 e. The van der Waals surface area contributed by atoms with Gasteiger partial charge in [0.15, 0.2) is 0 Å². The fourth-order valence-electron chi connectivity index (χ4n) is 4.89. The predicted octanol–water partition coefficient (Wildman–Crippen LogP) is 8.49. The fourth-order valence-corrected chi connectivity index (χ4v) is 4.89. The van der Waals surface area contributed by atoms with Crippen molar-refractivity contribution < 1.29 is 9.53 Å². The maximum atomic E-state index is 12.4. The van der Waals surface area contributed by atoms with Crippen LogP contribution in [0.5, 0.6) is 5.75 Å². The van der Waals surface area contributed by atoms with Gasteiger partial charge >= 0.3 is 5.97 Å². The third-order valence-electron chi connectivity index (χ3n) is 6.85. The Morgan fingerprint density at radius 2 is 1.48 bits per heavy atom. The van der Waals surface area contributed by atoms with Gasteiger partial charge in [0.05, 0.1) is 5.56 Å². The highest BCUT2D eigenvalue weighted by Crippen LogP contribution is 2.38. The summed E-state index contributed by atoms with van der Waals surface area (Å²) in [7, 11) is 0. The van der Waals surface area contributed by atoms with Crippen LogP contribution < -0.4 is 4.74 Å². The van der Waals surface area contributed by atoms with E-state index in [4.69, 9.17) is 4.74 Å². The standard InChI is InChI=1S/C29H40O2/c1-3-5-6-7-8-10-24-11-15-25(16-12-24)26-19-21-28(22-20-26)31-29(30)27-17-13-23(9-4-2)14-18-27/h13-14,17-22,24-25H,3-12,15-16H2,1-2H3. The lowest BCUT2D eigenvalue weighted by atomic mass is 9.77. The lowest BCUT2D eigenvalue weighted by molar-refractivity contribution is 0.0734. The lowest BCUT2D eigenvalue weighted by Crippen LogP contribution is -2.13. The highest BCUT2D eigenvalue weighted by Gasteiger charge is 2.22. The molecule has 0 aliphatic heterocycles. The molecule has 0 spiro atoms. The highest BCUT2D eigenvalue weighted by atomic mass is 16.5. The number of hydrogen-bond acceptors (Lipinski definition) is 2. The molecule has 0 atom stereocenters. The van der Waals surface area contributed by atoms with Gasteiger partial charge in [0.2, 0.25) is 0 Å². The van der Waals surface area contributed by atoms with Gasteiger partial charge in [-0.15, -0.1) is 0 Å². The first-order valence-electron chi connectivity index (χ1n) is 12.6. The minimum absolute atomic E-state index is 0.282. The van der Waals surface area contributed by atoms with Crippen molar-refractivity contribution >= 4 is 5.97 Å². The van der Waals surface area contributed by atoms with Gasteiger partial charge in [-0.05, 0) is 79.3 Å². The summed E-state index contributed by atoms with van der Waals surface area (Å²) in [6, 6.07) is 16.0. The van der Waals surface area contributed by atoms with Crippen LogP contribution in [-0.4, -0.2) is 5.97 Å². The minimum atomic E-state index is -0.282. The Bertz CT molecular complexity index is 767. The molecule has 2 aromatic rings. The zero-order valence-electron chi connectivity index (χ0n) is 19.6. The molecule has 0 unspecified atom stereocenters. The van der Waals surface area contributed by atoms with Gasteiger partial charge in [-0.3, -0.25) is 0 Å². The summed E-state index contributed by atoms with van der Waals surface area (Å²) in [4.78, 5) is 12.4. The van der Waals surface area contributed by atoms with E-state index in [9.17, 15) is 4.79 Å². The van der Waals surface area contributed by atoms with Crippen molar-refractivity contribution in [1.29, 1.82) is 0 Å². The molecule has 0 saturated heterocycles. The molecule has 0 N–H and O–H groups in total. The summed E-state index contributed by atoms with van der Waals surface area (Å²) in [5.41, 5.74) is 3.26. The van der Waals surface area contributed by atoms with Crippen LogP contribution in [-0.2, 0) is 6.42 Å².